The van der Waals surface area contributed by atoms with Gasteiger partial charge in [0.25, 0.3) is 5.91 Å². The maximum atomic E-state index is 12.2. The molecule has 0 aliphatic rings. The third-order valence-electron chi connectivity index (χ3n) is 3.26. The molecule has 1 heterocycles. The molecule has 0 saturated heterocycles. The summed E-state index contributed by atoms with van der Waals surface area (Å²) in [5.41, 5.74) is 0.0990. The first-order valence-electron chi connectivity index (χ1n) is 6.31. The molecule has 0 saturated carbocycles. The van der Waals surface area contributed by atoms with E-state index in [0.717, 1.165) is 17.2 Å². The highest BCUT2D eigenvalue weighted by atomic mass is 35.5. The first kappa shape index (κ1) is 13.8. The van der Waals surface area contributed by atoms with Crippen molar-refractivity contribution in [3.8, 4) is 0 Å². The molecule has 0 aliphatic carbocycles. The summed E-state index contributed by atoms with van der Waals surface area (Å²) in [4.78, 5) is 16.4. The van der Waals surface area contributed by atoms with Gasteiger partial charge in [-0.15, -0.1) is 0 Å². The van der Waals surface area contributed by atoms with E-state index in [4.69, 9.17) is 11.6 Å². The molecule has 4 heteroatoms. The second kappa shape index (κ2) is 5.17. The monoisotopic (exact) mass is 276 g/mol. The number of pyridine rings is 1. The van der Waals surface area contributed by atoms with E-state index in [2.05, 4.69) is 10.3 Å². The molecular formula is C15H17ClN2O. The first-order valence-corrected chi connectivity index (χ1v) is 6.68. The maximum Gasteiger partial charge on any atom is 0.270 e. The van der Waals surface area contributed by atoms with Gasteiger partial charge < -0.3 is 5.32 Å². The number of nitrogens with zero attached hydrogens (tertiary/aromatic N) is 1. The molecule has 1 N–H and O–H groups in total. The normalized spacial score (nSPS) is 11.6. The van der Waals surface area contributed by atoms with Crippen molar-refractivity contribution in [3.05, 3.63) is 41.2 Å². The Hall–Kier alpha value is -1.61. The number of aromatic nitrogens is 1. The summed E-state index contributed by atoms with van der Waals surface area (Å²) in [5, 5.41) is 5.09. The molecular weight excluding hydrogens is 260 g/mol. The minimum Gasteiger partial charge on any atom is -0.346 e. The van der Waals surface area contributed by atoms with Crippen molar-refractivity contribution in [2.24, 2.45) is 0 Å². The molecule has 0 radical (unpaired) electrons. The number of amides is 1. The molecule has 1 amide bonds. The lowest BCUT2D eigenvalue weighted by Crippen LogP contribution is -2.43. The lowest BCUT2D eigenvalue weighted by Gasteiger charge is -2.24. The molecule has 2 rings (SSSR count). The highest BCUT2D eigenvalue weighted by Gasteiger charge is 2.20. The Bertz CT molecular complexity index is 623. The lowest BCUT2D eigenvalue weighted by atomic mass is 10.0. The van der Waals surface area contributed by atoms with Gasteiger partial charge in [0.05, 0.1) is 0 Å². The summed E-state index contributed by atoms with van der Waals surface area (Å²) in [6.07, 6.45) is 0.847. The Morgan fingerprint density at radius 3 is 2.74 bits per heavy atom. The average Bonchev–Trinajstić information content (AvgIpc) is 2.38. The highest BCUT2D eigenvalue weighted by molar-refractivity contribution is 6.34. The minimum absolute atomic E-state index is 0.195. The highest BCUT2D eigenvalue weighted by Crippen LogP contribution is 2.22. The predicted molar refractivity (Wildman–Crippen MR) is 78.6 cm³/mol. The minimum atomic E-state index is -0.253. The molecule has 0 aliphatic heterocycles. The van der Waals surface area contributed by atoms with Gasteiger partial charge in [0.2, 0.25) is 0 Å². The molecule has 0 spiro atoms. The Balaban J connectivity index is 2.38. The number of benzene rings is 1. The summed E-state index contributed by atoms with van der Waals surface area (Å²) >= 11 is 6.12. The van der Waals surface area contributed by atoms with E-state index >= 15 is 0 Å². The van der Waals surface area contributed by atoms with E-state index in [0.29, 0.717) is 10.8 Å². The fourth-order valence-corrected chi connectivity index (χ4v) is 2.00. The zero-order valence-electron chi connectivity index (χ0n) is 11.3. The Labute approximate surface area is 118 Å². The van der Waals surface area contributed by atoms with Gasteiger partial charge in [0, 0.05) is 10.9 Å². The Morgan fingerprint density at radius 2 is 2.05 bits per heavy atom. The molecule has 100 valence electrons. The van der Waals surface area contributed by atoms with Gasteiger partial charge in [0.15, 0.2) is 0 Å². The second-order valence-corrected chi connectivity index (χ2v) is 5.57. The predicted octanol–water partition coefficient (Wildman–Crippen LogP) is 3.81. The number of hydrogen-bond donors (Lipinski definition) is 1. The number of nitrogens with one attached hydrogen (secondary N) is 1. The van der Waals surface area contributed by atoms with Gasteiger partial charge in [-0.25, -0.2) is 4.98 Å². The van der Waals surface area contributed by atoms with Crippen molar-refractivity contribution < 1.29 is 4.79 Å². The fraction of sp³-hybridized carbons (Fsp3) is 0.333. The smallest absolute Gasteiger partial charge is 0.270 e. The van der Waals surface area contributed by atoms with E-state index in [9.17, 15) is 4.79 Å². The van der Waals surface area contributed by atoms with Crippen LogP contribution in [0.4, 0.5) is 0 Å². The van der Waals surface area contributed by atoms with Crippen LogP contribution in [0.1, 0.15) is 37.7 Å². The van der Waals surface area contributed by atoms with E-state index in [1.165, 1.54) is 0 Å². The number of rotatable bonds is 3. The second-order valence-electron chi connectivity index (χ2n) is 5.21. The van der Waals surface area contributed by atoms with Gasteiger partial charge in [-0.2, -0.15) is 0 Å². The van der Waals surface area contributed by atoms with Crippen molar-refractivity contribution in [1.29, 1.82) is 0 Å². The van der Waals surface area contributed by atoms with Crippen molar-refractivity contribution in [2.45, 2.75) is 32.7 Å². The van der Waals surface area contributed by atoms with Crippen LogP contribution in [0.5, 0.6) is 0 Å². The first-order chi connectivity index (χ1) is 8.93. The van der Waals surface area contributed by atoms with Gasteiger partial charge in [-0.3, -0.25) is 4.79 Å². The largest absolute Gasteiger partial charge is 0.346 e. The van der Waals surface area contributed by atoms with Crippen LogP contribution in [0.25, 0.3) is 10.8 Å². The quantitative estimate of drug-likeness (QED) is 0.866. The molecule has 0 bridgehead atoms. The van der Waals surface area contributed by atoms with Crippen molar-refractivity contribution in [2.75, 3.05) is 0 Å². The summed E-state index contributed by atoms with van der Waals surface area (Å²) < 4.78 is 0. The van der Waals surface area contributed by atoms with E-state index in [-0.39, 0.29) is 11.4 Å². The number of carbonyl (C=O) groups excluding carboxylic acids is 1. The fourth-order valence-electron chi connectivity index (χ4n) is 1.73. The summed E-state index contributed by atoms with van der Waals surface area (Å²) in [7, 11) is 0. The van der Waals surface area contributed by atoms with Gasteiger partial charge >= 0.3 is 0 Å². The molecule has 1 aromatic carbocycles. The van der Waals surface area contributed by atoms with Crippen LogP contribution in [0.15, 0.2) is 30.3 Å². The zero-order chi connectivity index (χ0) is 14.0. The molecule has 0 unspecified atom stereocenters. The third kappa shape index (κ3) is 3.04. The zero-order valence-corrected chi connectivity index (χ0v) is 12.1. The van der Waals surface area contributed by atoms with Gasteiger partial charge in [-0.1, -0.05) is 42.8 Å². The van der Waals surface area contributed by atoms with Crippen LogP contribution in [0.2, 0.25) is 5.15 Å². The van der Waals surface area contributed by atoms with Crippen molar-refractivity contribution in [3.63, 3.8) is 0 Å². The SMILES string of the molecule is CCC(C)(C)NC(=O)c1cc2ccccc2c(Cl)n1. The molecule has 0 atom stereocenters. The molecule has 1 aromatic heterocycles. The van der Waals surface area contributed by atoms with E-state index < -0.39 is 0 Å². The van der Waals surface area contributed by atoms with Gasteiger partial charge in [-0.05, 0) is 31.7 Å². The number of hydrogen-bond acceptors (Lipinski definition) is 2. The maximum absolute atomic E-state index is 12.2. The average molecular weight is 277 g/mol. The van der Waals surface area contributed by atoms with Crippen LogP contribution in [-0.2, 0) is 0 Å². The standard InChI is InChI=1S/C15H17ClN2O/c1-4-15(2,3)18-14(19)12-9-10-7-5-6-8-11(10)13(16)17-12/h5-9H,4H2,1-3H3,(H,18,19). The van der Waals surface area contributed by atoms with Crippen molar-refractivity contribution >= 4 is 28.3 Å². The van der Waals surface area contributed by atoms with Crippen LogP contribution >= 0.6 is 11.6 Å². The number of fused-ring (bicyclic) bond motifs is 1. The number of halogens is 1. The molecule has 0 fully saturated rings. The topological polar surface area (TPSA) is 42.0 Å². The molecule has 2 aromatic rings. The Kier molecular flexibility index (Phi) is 3.76. The number of carbonyl (C=O) groups is 1. The van der Waals surface area contributed by atoms with Crippen LogP contribution in [0.3, 0.4) is 0 Å². The summed E-state index contributed by atoms with van der Waals surface area (Å²) in [6, 6.07) is 9.39. The lowest BCUT2D eigenvalue weighted by molar-refractivity contribution is 0.0906. The van der Waals surface area contributed by atoms with Crippen molar-refractivity contribution in [1.82, 2.24) is 10.3 Å². The van der Waals surface area contributed by atoms with E-state index in [1.807, 2.05) is 45.0 Å². The Morgan fingerprint density at radius 1 is 1.37 bits per heavy atom. The van der Waals surface area contributed by atoms with Gasteiger partial charge in [0.1, 0.15) is 10.8 Å². The molecule has 19 heavy (non-hydrogen) atoms. The molecule has 3 nitrogen and oxygen atoms in total. The third-order valence-corrected chi connectivity index (χ3v) is 3.55. The van der Waals surface area contributed by atoms with Crippen LogP contribution in [0, 0.1) is 0 Å². The van der Waals surface area contributed by atoms with E-state index in [1.54, 1.807) is 6.07 Å². The summed E-state index contributed by atoms with van der Waals surface area (Å²) in [5.74, 6) is -0.195. The van der Waals surface area contributed by atoms with Crippen LogP contribution in [-0.4, -0.2) is 16.4 Å². The van der Waals surface area contributed by atoms with Crippen LogP contribution < -0.4 is 5.32 Å². The summed E-state index contributed by atoms with van der Waals surface area (Å²) in [6.45, 7) is 5.99.